The van der Waals surface area contributed by atoms with Gasteiger partial charge in [-0.25, -0.2) is 13.6 Å². The monoisotopic (exact) mass is 417 g/mol. The number of carbonyl (C=O) groups is 2. The van der Waals surface area contributed by atoms with Crippen LogP contribution in [0.15, 0.2) is 54.1 Å². The molecule has 1 heterocycles. The molecule has 30 heavy (non-hydrogen) atoms. The standard InChI is InChI=1S/C22H21F2NO5/c23-19-8-3-14(10-20(19)24)13-30-22(28)16-2-1-9-29-18(11-16)12-25-21(27)15-4-6-17(26)7-5-15/h2-8,10,18,26H,1,9,11-13H2,(H,25,27)/t18-/m0/s1. The Morgan fingerprint density at radius 2 is 1.90 bits per heavy atom. The SMILES string of the molecule is O=C(OCc1ccc(F)c(F)c1)C1=CCCO[C@H](CNC(=O)c2ccc(O)cc2)C1. The maximum absolute atomic E-state index is 13.3. The first-order valence-corrected chi connectivity index (χ1v) is 9.41. The van der Waals surface area contributed by atoms with Crippen LogP contribution in [0.4, 0.5) is 8.78 Å². The van der Waals surface area contributed by atoms with Crippen LogP contribution < -0.4 is 5.32 Å². The molecule has 0 unspecified atom stereocenters. The molecule has 158 valence electrons. The Bertz CT molecular complexity index is 943. The van der Waals surface area contributed by atoms with Gasteiger partial charge in [0.25, 0.3) is 5.91 Å². The number of esters is 1. The molecule has 8 heteroatoms. The second-order valence-electron chi connectivity index (χ2n) is 6.80. The zero-order chi connectivity index (χ0) is 21.5. The van der Waals surface area contributed by atoms with Crippen LogP contribution in [0.5, 0.6) is 5.75 Å². The van der Waals surface area contributed by atoms with Gasteiger partial charge in [-0.05, 0) is 48.4 Å². The Morgan fingerprint density at radius 1 is 1.13 bits per heavy atom. The van der Waals surface area contributed by atoms with Crippen molar-refractivity contribution < 1.29 is 33.0 Å². The smallest absolute Gasteiger partial charge is 0.334 e. The number of phenols is 1. The second-order valence-corrected chi connectivity index (χ2v) is 6.80. The molecule has 1 atom stereocenters. The van der Waals surface area contributed by atoms with Gasteiger partial charge in [0.05, 0.1) is 12.7 Å². The quantitative estimate of drug-likeness (QED) is 0.705. The first-order chi connectivity index (χ1) is 14.4. The van der Waals surface area contributed by atoms with E-state index in [1.807, 2.05) is 0 Å². The third kappa shape index (κ3) is 5.87. The fraction of sp³-hybridized carbons (Fsp3) is 0.273. The molecule has 0 bridgehead atoms. The highest BCUT2D eigenvalue weighted by Gasteiger charge is 2.21. The van der Waals surface area contributed by atoms with E-state index in [4.69, 9.17) is 9.47 Å². The fourth-order valence-electron chi connectivity index (χ4n) is 2.95. The van der Waals surface area contributed by atoms with Crippen molar-refractivity contribution in [2.75, 3.05) is 13.2 Å². The van der Waals surface area contributed by atoms with Gasteiger partial charge in [-0.2, -0.15) is 0 Å². The van der Waals surface area contributed by atoms with Crippen molar-refractivity contribution in [3.8, 4) is 5.75 Å². The van der Waals surface area contributed by atoms with E-state index in [9.17, 15) is 23.5 Å². The average molecular weight is 417 g/mol. The maximum atomic E-state index is 13.3. The van der Waals surface area contributed by atoms with Crippen molar-refractivity contribution >= 4 is 11.9 Å². The van der Waals surface area contributed by atoms with Crippen LogP contribution in [0.25, 0.3) is 0 Å². The van der Waals surface area contributed by atoms with Gasteiger partial charge in [0.15, 0.2) is 11.6 Å². The van der Waals surface area contributed by atoms with Gasteiger partial charge in [-0.1, -0.05) is 12.1 Å². The second kappa shape index (κ2) is 9.98. The third-order valence-electron chi connectivity index (χ3n) is 4.55. The molecule has 0 saturated heterocycles. The summed E-state index contributed by atoms with van der Waals surface area (Å²) in [5, 5.41) is 12.0. The van der Waals surface area contributed by atoms with Crippen LogP contribution in [-0.2, 0) is 20.9 Å². The summed E-state index contributed by atoms with van der Waals surface area (Å²) in [6.45, 7) is 0.393. The summed E-state index contributed by atoms with van der Waals surface area (Å²) in [5.41, 5.74) is 1.13. The minimum atomic E-state index is -1.00. The van der Waals surface area contributed by atoms with Gasteiger partial charge in [-0.15, -0.1) is 0 Å². The molecule has 2 aromatic carbocycles. The number of halogens is 2. The lowest BCUT2D eigenvalue weighted by atomic mass is 10.1. The summed E-state index contributed by atoms with van der Waals surface area (Å²) >= 11 is 0. The van der Waals surface area contributed by atoms with Gasteiger partial charge in [0, 0.05) is 24.1 Å². The minimum absolute atomic E-state index is 0.0651. The van der Waals surface area contributed by atoms with E-state index in [-0.39, 0.29) is 31.2 Å². The summed E-state index contributed by atoms with van der Waals surface area (Å²) in [4.78, 5) is 24.6. The zero-order valence-corrected chi connectivity index (χ0v) is 16.1. The van der Waals surface area contributed by atoms with Crippen molar-refractivity contribution in [1.82, 2.24) is 5.32 Å². The topological polar surface area (TPSA) is 84.9 Å². The average Bonchev–Trinajstić information content (AvgIpc) is 2.99. The van der Waals surface area contributed by atoms with Gasteiger partial charge in [-0.3, -0.25) is 4.79 Å². The lowest BCUT2D eigenvalue weighted by Gasteiger charge is -2.17. The predicted molar refractivity (Wildman–Crippen MR) is 104 cm³/mol. The Balaban J connectivity index is 1.52. The Kier molecular flexibility index (Phi) is 7.13. The van der Waals surface area contributed by atoms with Crippen LogP contribution in [-0.4, -0.2) is 36.2 Å². The van der Waals surface area contributed by atoms with E-state index in [0.717, 1.165) is 12.1 Å². The number of amides is 1. The molecule has 3 rings (SSSR count). The maximum Gasteiger partial charge on any atom is 0.334 e. The number of rotatable bonds is 6. The molecule has 6 nitrogen and oxygen atoms in total. The van der Waals surface area contributed by atoms with E-state index in [1.54, 1.807) is 6.08 Å². The van der Waals surface area contributed by atoms with Crippen molar-refractivity contribution in [3.63, 3.8) is 0 Å². The van der Waals surface area contributed by atoms with E-state index in [2.05, 4.69) is 5.32 Å². The number of ether oxygens (including phenoxy) is 2. The Hall–Kier alpha value is -3.26. The van der Waals surface area contributed by atoms with Crippen molar-refractivity contribution in [1.29, 1.82) is 0 Å². The highest BCUT2D eigenvalue weighted by Crippen LogP contribution is 2.18. The molecule has 0 spiro atoms. The molecule has 0 aromatic heterocycles. The van der Waals surface area contributed by atoms with Crippen LogP contribution in [0.2, 0.25) is 0 Å². The van der Waals surface area contributed by atoms with Crippen molar-refractivity contribution in [2.24, 2.45) is 0 Å². The molecule has 0 radical (unpaired) electrons. The lowest BCUT2D eigenvalue weighted by molar-refractivity contribution is -0.140. The molecule has 2 N–H and O–H groups in total. The summed E-state index contributed by atoms with van der Waals surface area (Å²) in [5.74, 6) is -2.80. The van der Waals surface area contributed by atoms with Gasteiger partial charge in [0.1, 0.15) is 12.4 Å². The lowest BCUT2D eigenvalue weighted by Crippen LogP contribution is -2.34. The summed E-state index contributed by atoms with van der Waals surface area (Å²) in [7, 11) is 0. The first kappa shape index (κ1) is 21.4. The third-order valence-corrected chi connectivity index (χ3v) is 4.55. The normalized spacial score (nSPS) is 16.3. The Labute approximate surface area is 172 Å². The van der Waals surface area contributed by atoms with Crippen molar-refractivity contribution in [2.45, 2.75) is 25.6 Å². The van der Waals surface area contributed by atoms with Crippen LogP contribution >= 0.6 is 0 Å². The minimum Gasteiger partial charge on any atom is -0.508 e. The number of carbonyl (C=O) groups excluding carboxylic acids is 2. The largest absolute Gasteiger partial charge is 0.508 e. The van der Waals surface area contributed by atoms with Gasteiger partial charge in [0.2, 0.25) is 0 Å². The van der Waals surface area contributed by atoms with Gasteiger partial charge >= 0.3 is 5.97 Å². The van der Waals surface area contributed by atoms with E-state index < -0.39 is 23.7 Å². The van der Waals surface area contributed by atoms with Crippen LogP contribution in [0, 0.1) is 11.6 Å². The molecular formula is C22H21F2NO5. The number of hydrogen-bond acceptors (Lipinski definition) is 5. The fourth-order valence-corrected chi connectivity index (χ4v) is 2.95. The molecule has 1 aliphatic rings. The first-order valence-electron chi connectivity index (χ1n) is 9.41. The van der Waals surface area contributed by atoms with Crippen molar-refractivity contribution in [3.05, 3.63) is 76.9 Å². The molecule has 0 saturated carbocycles. The van der Waals surface area contributed by atoms with E-state index in [1.165, 1.54) is 30.3 Å². The van der Waals surface area contributed by atoms with Crippen LogP contribution in [0.3, 0.4) is 0 Å². The Morgan fingerprint density at radius 3 is 2.63 bits per heavy atom. The number of phenolic OH excluding ortho intramolecular Hbond substituents is 1. The predicted octanol–water partition coefficient (Wildman–Crippen LogP) is 3.25. The zero-order valence-electron chi connectivity index (χ0n) is 16.1. The summed E-state index contributed by atoms with van der Waals surface area (Å²) < 4.78 is 37.1. The highest BCUT2D eigenvalue weighted by molar-refractivity contribution is 5.94. The van der Waals surface area contributed by atoms with Gasteiger partial charge < -0.3 is 19.9 Å². The summed E-state index contributed by atoms with van der Waals surface area (Å²) in [6.07, 6.45) is 2.05. The molecular weight excluding hydrogens is 396 g/mol. The van der Waals surface area contributed by atoms with E-state index in [0.29, 0.717) is 29.7 Å². The molecule has 0 fully saturated rings. The molecule has 1 amide bonds. The number of nitrogens with one attached hydrogen (secondary N) is 1. The highest BCUT2D eigenvalue weighted by atomic mass is 19.2. The number of aromatic hydroxyl groups is 1. The molecule has 0 aliphatic carbocycles. The summed E-state index contributed by atoms with van der Waals surface area (Å²) in [6, 6.07) is 9.14. The molecule has 1 aliphatic heterocycles. The number of hydrogen-bond donors (Lipinski definition) is 2. The van der Waals surface area contributed by atoms with E-state index >= 15 is 0 Å². The number of benzene rings is 2. The molecule has 2 aromatic rings. The van der Waals surface area contributed by atoms with Crippen LogP contribution in [0.1, 0.15) is 28.8 Å².